The molecule has 2 rings (SSSR count). The maximum Gasteiger partial charge on any atom is 0.240 e. The Hall–Kier alpha value is -1.44. The normalized spacial score (nSPS) is 15.1. The van der Waals surface area contributed by atoms with Gasteiger partial charge in [-0.15, -0.1) is 0 Å². The van der Waals surface area contributed by atoms with Gasteiger partial charge in [-0.2, -0.15) is 0 Å². The number of carbonyl (C=O) groups is 1. The van der Waals surface area contributed by atoms with E-state index in [9.17, 15) is 13.2 Å². The second-order valence-electron chi connectivity index (χ2n) is 4.80. The molecule has 6 nitrogen and oxygen atoms in total. The number of aliphatic hydroxyl groups excluding tert-OH is 1. The summed E-state index contributed by atoms with van der Waals surface area (Å²) in [6, 6.07) is 6.19. The van der Waals surface area contributed by atoms with Gasteiger partial charge in [0.1, 0.15) is 0 Å². The molecule has 0 atom stereocenters. The summed E-state index contributed by atoms with van der Waals surface area (Å²) >= 11 is 0. The molecule has 1 fully saturated rings. The molecular formula is C13H18N2O4S. The van der Waals surface area contributed by atoms with Crippen molar-refractivity contribution in [1.29, 1.82) is 0 Å². The average molecular weight is 298 g/mol. The summed E-state index contributed by atoms with van der Waals surface area (Å²) in [7, 11) is -3.51. The fourth-order valence-electron chi connectivity index (χ4n) is 1.69. The Balaban J connectivity index is 2.05. The van der Waals surface area contributed by atoms with Crippen LogP contribution in [-0.4, -0.2) is 32.1 Å². The molecule has 0 radical (unpaired) electrons. The summed E-state index contributed by atoms with van der Waals surface area (Å²) in [5.41, 5.74) is 0.437. The number of aliphatic hydroxyl groups is 1. The molecule has 1 aliphatic carbocycles. The zero-order chi connectivity index (χ0) is 14.6. The highest BCUT2D eigenvalue weighted by atomic mass is 32.2. The fourth-order valence-corrected chi connectivity index (χ4v) is 3.04. The monoisotopic (exact) mass is 298 g/mol. The molecule has 1 saturated carbocycles. The van der Waals surface area contributed by atoms with Crippen molar-refractivity contribution in [3.8, 4) is 0 Å². The lowest BCUT2D eigenvalue weighted by molar-refractivity contribution is -0.116. The third kappa shape index (κ3) is 4.29. The molecule has 110 valence electrons. The summed E-state index contributed by atoms with van der Waals surface area (Å²) in [6.45, 7) is -0.0485. The van der Waals surface area contributed by atoms with E-state index < -0.39 is 10.0 Å². The molecule has 0 bridgehead atoms. The number of anilines is 1. The molecule has 0 saturated heterocycles. The first-order chi connectivity index (χ1) is 9.51. The van der Waals surface area contributed by atoms with Gasteiger partial charge in [0.05, 0.1) is 4.90 Å². The number of rotatable bonds is 7. The fraction of sp³-hybridized carbons (Fsp3) is 0.462. The van der Waals surface area contributed by atoms with E-state index in [2.05, 4.69) is 10.0 Å². The number of hydrogen-bond acceptors (Lipinski definition) is 4. The lowest BCUT2D eigenvalue weighted by Crippen LogP contribution is -2.25. The van der Waals surface area contributed by atoms with Crippen molar-refractivity contribution in [3.63, 3.8) is 0 Å². The number of carbonyl (C=O) groups excluding carboxylic acids is 1. The molecule has 3 N–H and O–H groups in total. The standard InChI is InChI=1S/C13H18N2O4S/c16-8-2-5-13(17)14-11-3-1-4-12(9-11)20(18,19)15-10-6-7-10/h1,3-4,9-10,15-16H,2,5-8H2,(H,14,17). The smallest absolute Gasteiger partial charge is 0.240 e. The van der Waals surface area contributed by atoms with Crippen LogP contribution in [0.15, 0.2) is 29.2 Å². The summed E-state index contributed by atoms with van der Waals surface area (Å²) in [5.74, 6) is -0.247. The van der Waals surface area contributed by atoms with Crippen LogP contribution in [0, 0.1) is 0 Å². The first kappa shape index (κ1) is 15.0. The number of amides is 1. The van der Waals surface area contributed by atoms with E-state index in [1.54, 1.807) is 12.1 Å². The number of benzene rings is 1. The van der Waals surface area contributed by atoms with Crippen LogP contribution in [0.2, 0.25) is 0 Å². The van der Waals surface area contributed by atoms with Crippen LogP contribution in [-0.2, 0) is 14.8 Å². The Bertz CT molecular complexity index is 582. The van der Waals surface area contributed by atoms with Gasteiger partial charge in [-0.1, -0.05) is 6.07 Å². The van der Waals surface area contributed by atoms with Gasteiger partial charge in [0.15, 0.2) is 0 Å². The van der Waals surface area contributed by atoms with E-state index in [0.717, 1.165) is 12.8 Å². The second-order valence-corrected chi connectivity index (χ2v) is 6.51. The number of nitrogens with one attached hydrogen (secondary N) is 2. The highest BCUT2D eigenvalue weighted by Gasteiger charge is 2.28. The summed E-state index contributed by atoms with van der Waals surface area (Å²) < 4.78 is 26.7. The van der Waals surface area contributed by atoms with Crippen molar-refractivity contribution in [2.24, 2.45) is 0 Å². The van der Waals surface area contributed by atoms with E-state index in [1.807, 2.05) is 0 Å². The SMILES string of the molecule is O=C(CCCO)Nc1cccc(S(=O)(=O)NC2CC2)c1. The van der Waals surface area contributed by atoms with Gasteiger partial charge in [0.25, 0.3) is 0 Å². The maximum atomic E-state index is 12.0. The van der Waals surface area contributed by atoms with E-state index in [-0.39, 0.29) is 29.9 Å². The van der Waals surface area contributed by atoms with Crippen molar-refractivity contribution in [1.82, 2.24) is 4.72 Å². The van der Waals surface area contributed by atoms with Crippen LogP contribution < -0.4 is 10.0 Å². The maximum absolute atomic E-state index is 12.0. The molecule has 0 unspecified atom stereocenters. The van der Waals surface area contributed by atoms with Gasteiger partial charge in [-0.05, 0) is 37.5 Å². The summed E-state index contributed by atoms with van der Waals surface area (Å²) in [6.07, 6.45) is 2.33. The van der Waals surface area contributed by atoms with Gasteiger partial charge in [0.2, 0.25) is 15.9 Å². The molecule has 20 heavy (non-hydrogen) atoms. The average Bonchev–Trinajstić information content (AvgIpc) is 3.20. The molecule has 0 spiro atoms. The molecule has 0 aliphatic heterocycles. The van der Waals surface area contributed by atoms with E-state index >= 15 is 0 Å². The number of sulfonamides is 1. The van der Waals surface area contributed by atoms with Crippen molar-refractivity contribution in [2.75, 3.05) is 11.9 Å². The minimum Gasteiger partial charge on any atom is -0.396 e. The largest absolute Gasteiger partial charge is 0.396 e. The van der Waals surface area contributed by atoms with Crippen LogP contribution in [0.4, 0.5) is 5.69 Å². The summed E-state index contributed by atoms with van der Waals surface area (Å²) in [4.78, 5) is 11.7. The molecule has 1 amide bonds. The van der Waals surface area contributed by atoms with E-state index in [4.69, 9.17) is 5.11 Å². The topological polar surface area (TPSA) is 95.5 Å². The molecular weight excluding hydrogens is 280 g/mol. The minimum absolute atomic E-state index is 0.0443. The van der Waals surface area contributed by atoms with Crippen LogP contribution in [0.3, 0.4) is 0 Å². The van der Waals surface area contributed by atoms with Crippen molar-refractivity contribution >= 4 is 21.6 Å². The second kappa shape index (κ2) is 6.34. The molecule has 1 aliphatic rings. The highest BCUT2D eigenvalue weighted by molar-refractivity contribution is 7.89. The highest BCUT2D eigenvalue weighted by Crippen LogP contribution is 2.23. The molecule has 0 aromatic heterocycles. The van der Waals surface area contributed by atoms with E-state index in [0.29, 0.717) is 12.1 Å². The van der Waals surface area contributed by atoms with Gasteiger partial charge in [0, 0.05) is 24.8 Å². The van der Waals surface area contributed by atoms with Crippen molar-refractivity contribution < 1.29 is 18.3 Å². The Kier molecular flexibility index (Phi) is 4.74. The Morgan fingerprint density at radius 1 is 1.35 bits per heavy atom. The van der Waals surface area contributed by atoms with Crippen LogP contribution in [0.1, 0.15) is 25.7 Å². The van der Waals surface area contributed by atoms with Crippen LogP contribution >= 0.6 is 0 Å². The Morgan fingerprint density at radius 3 is 2.75 bits per heavy atom. The van der Waals surface area contributed by atoms with Gasteiger partial charge < -0.3 is 10.4 Å². The molecule has 0 heterocycles. The number of hydrogen-bond donors (Lipinski definition) is 3. The zero-order valence-corrected chi connectivity index (χ0v) is 11.8. The first-order valence-electron chi connectivity index (χ1n) is 6.54. The van der Waals surface area contributed by atoms with Crippen molar-refractivity contribution in [2.45, 2.75) is 36.6 Å². The molecule has 7 heteroatoms. The third-order valence-electron chi connectivity index (χ3n) is 2.89. The first-order valence-corrected chi connectivity index (χ1v) is 8.03. The van der Waals surface area contributed by atoms with E-state index in [1.165, 1.54) is 12.1 Å². The third-order valence-corrected chi connectivity index (χ3v) is 4.41. The lowest BCUT2D eigenvalue weighted by Gasteiger charge is -2.08. The van der Waals surface area contributed by atoms with Gasteiger partial charge in [-0.3, -0.25) is 4.79 Å². The predicted molar refractivity (Wildman–Crippen MR) is 74.7 cm³/mol. The van der Waals surface area contributed by atoms with Crippen LogP contribution in [0.5, 0.6) is 0 Å². The zero-order valence-electron chi connectivity index (χ0n) is 11.0. The Morgan fingerprint density at radius 2 is 2.10 bits per heavy atom. The molecule has 1 aromatic carbocycles. The lowest BCUT2D eigenvalue weighted by atomic mass is 10.3. The van der Waals surface area contributed by atoms with Crippen LogP contribution in [0.25, 0.3) is 0 Å². The minimum atomic E-state index is -3.51. The van der Waals surface area contributed by atoms with Gasteiger partial charge in [-0.25, -0.2) is 13.1 Å². The predicted octanol–water partition coefficient (Wildman–Crippen LogP) is 0.838. The Labute approximate surface area is 118 Å². The van der Waals surface area contributed by atoms with Gasteiger partial charge >= 0.3 is 0 Å². The quantitative estimate of drug-likeness (QED) is 0.695. The van der Waals surface area contributed by atoms with Crippen molar-refractivity contribution in [3.05, 3.63) is 24.3 Å². The molecule has 1 aromatic rings. The summed E-state index contributed by atoms with van der Waals surface area (Å²) in [5, 5.41) is 11.3.